The van der Waals surface area contributed by atoms with Crippen LogP contribution in [0.2, 0.25) is 0 Å². The molecular formula is C35H29N3O4S. The van der Waals surface area contributed by atoms with Crippen LogP contribution in [0.3, 0.4) is 0 Å². The molecule has 0 saturated carbocycles. The number of thioether (sulfide) groups is 1. The van der Waals surface area contributed by atoms with Crippen molar-refractivity contribution in [2.45, 2.75) is 30.0 Å². The Bertz CT molecular complexity index is 1610. The monoisotopic (exact) mass is 587 g/mol. The molecule has 4 aromatic rings. The average Bonchev–Trinajstić information content (AvgIpc) is 3.06. The number of hydrogen-bond donors (Lipinski definition) is 1. The van der Waals surface area contributed by atoms with Crippen molar-refractivity contribution in [1.82, 2.24) is 15.2 Å². The zero-order valence-electron chi connectivity index (χ0n) is 23.2. The third-order valence-corrected chi connectivity index (χ3v) is 8.54. The molecule has 0 bridgehead atoms. The van der Waals surface area contributed by atoms with Crippen LogP contribution in [-0.4, -0.2) is 45.1 Å². The third kappa shape index (κ3) is 6.29. The van der Waals surface area contributed by atoms with Crippen LogP contribution in [0.15, 0.2) is 133 Å². The second kappa shape index (κ2) is 12.9. The Morgan fingerprint density at radius 3 is 2.16 bits per heavy atom. The van der Waals surface area contributed by atoms with Gasteiger partial charge in [0.25, 0.3) is 0 Å². The van der Waals surface area contributed by atoms with Crippen LogP contribution < -0.4 is 5.32 Å². The highest BCUT2D eigenvalue weighted by Crippen LogP contribution is 2.41. The van der Waals surface area contributed by atoms with Crippen molar-refractivity contribution < 1.29 is 19.1 Å². The highest BCUT2D eigenvalue weighted by atomic mass is 32.2. The van der Waals surface area contributed by atoms with E-state index < -0.39 is 29.5 Å². The van der Waals surface area contributed by atoms with Crippen molar-refractivity contribution in [3.8, 4) is 0 Å². The van der Waals surface area contributed by atoms with Gasteiger partial charge in [0.05, 0.1) is 6.42 Å². The minimum absolute atomic E-state index is 0.165. The molecule has 0 aliphatic carbocycles. The van der Waals surface area contributed by atoms with Gasteiger partial charge < -0.3 is 15.0 Å². The zero-order valence-corrected chi connectivity index (χ0v) is 24.0. The van der Waals surface area contributed by atoms with E-state index in [1.165, 1.54) is 16.7 Å². The van der Waals surface area contributed by atoms with Crippen LogP contribution in [0.1, 0.15) is 28.4 Å². The van der Waals surface area contributed by atoms with Crippen LogP contribution in [0.5, 0.6) is 0 Å². The maximum Gasteiger partial charge on any atom is 0.334 e. The van der Waals surface area contributed by atoms with Gasteiger partial charge in [-0.1, -0.05) is 109 Å². The molecule has 0 radical (unpaired) electrons. The van der Waals surface area contributed by atoms with E-state index in [4.69, 9.17) is 4.74 Å². The fourth-order valence-electron chi connectivity index (χ4n) is 5.23. The van der Waals surface area contributed by atoms with E-state index in [9.17, 15) is 14.4 Å². The summed E-state index contributed by atoms with van der Waals surface area (Å²) < 4.78 is 6.22. The highest BCUT2D eigenvalue weighted by molar-refractivity contribution is 8.03. The van der Waals surface area contributed by atoms with Gasteiger partial charge in [0.1, 0.15) is 11.4 Å². The Morgan fingerprint density at radius 1 is 0.884 bits per heavy atom. The van der Waals surface area contributed by atoms with Crippen molar-refractivity contribution in [2.75, 3.05) is 0 Å². The second-order valence-corrected chi connectivity index (χ2v) is 11.2. The smallest absolute Gasteiger partial charge is 0.334 e. The molecule has 2 aliphatic rings. The molecule has 8 heteroatoms. The van der Waals surface area contributed by atoms with Crippen LogP contribution in [0, 0.1) is 0 Å². The fourth-order valence-corrected chi connectivity index (χ4v) is 6.43. The van der Waals surface area contributed by atoms with E-state index in [0.29, 0.717) is 5.57 Å². The molecule has 2 unspecified atom stereocenters. The molecule has 0 spiro atoms. The number of carbonyl (C=O) groups excluding carboxylic acids is 3. The molecule has 3 aromatic carbocycles. The van der Waals surface area contributed by atoms with E-state index in [1.54, 1.807) is 12.4 Å². The zero-order chi connectivity index (χ0) is 29.6. The molecule has 2 aliphatic heterocycles. The summed E-state index contributed by atoms with van der Waals surface area (Å²) in [5.74, 6) is -1.12. The summed E-state index contributed by atoms with van der Waals surface area (Å²) in [5.41, 5.74) is 3.98. The number of amides is 2. The van der Waals surface area contributed by atoms with Gasteiger partial charge >= 0.3 is 5.97 Å². The Morgan fingerprint density at radius 2 is 1.53 bits per heavy atom. The second-order valence-electron chi connectivity index (χ2n) is 10.3. The number of carbonyl (C=O) groups is 3. The molecule has 214 valence electrons. The van der Waals surface area contributed by atoms with Gasteiger partial charge in [-0.05, 0) is 39.3 Å². The first-order valence-corrected chi connectivity index (χ1v) is 14.9. The Hall–Kier alpha value is -4.95. The van der Waals surface area contributed by atoms with E-state index in [0.717, 1.165) is 22.3 Å². The first kappa shape index (κ1) is 28.2. The predicted molar refractivity (Wildman–Crippen MR) is 166 cm³/mol. The number of esters is 1. The molecule has 3 heterocycles. The lowest BCUT2D eigenvalue weighted by Crippen LogP contribution is -2.74. The number of nitrogens with one attached hydrogen (secondary N) is 1. The lowest BCUT2D eigenvalue weighted by molar-refractivity contribution is -0.165. The normalized spacial score (nSPS) is 19.4. The Labute approximate surface area is 254 Å². The standard InChI is InChI=1S/C35H29N3O4S/c39-29(21-24-11-4-1-5-12-24)37-30-33(40)38-31(28(23-43-34(30)38)19-18-25-13-10-20-36-22-25)35(41)42-32(26-14-6-2-7-15-26)27-16-8-3-9-17-27/h1-20,22-23,30-32,34H,21H2,(H,37,39)/t30?,31?,34-/m1/s1. The first-order chi connectivity index (χ1) is 21.1. The van der Waals surface area contributed by atoms with Gasteiger partial charge in [-0.15, -0.1) is 11.8 Å². The van der Waals surface area contributed by atoms with Crippen molar-refractivity contribution in [2.24, 2.45) is 0 Å². The molecule has 1 N–H and O–H groups in total. The Kier molecular flexibility index (Phi) is 8.47. The van der Waals surface area contributed by atoms with E-state index in [-0.39, 0.29) is 18.2 Å². The third-order valence-electron chi connectivity index (χ3n) is 7.36. The fraction of sp³-hybridized carbons (Fsp3) is 0.143. The van der Waals surface area contributed by atoms with Crippen molar-refractivity contribution in [1.29, 1.82) is 0 Å². The van der Waals surface area contributed by atoms with Gasteiger partial charge in [-0.25, -0.2) is 4.79 Å². The maximum atomic E-state index is 14.1. The summed E-state index contributed by atoms with van der Waals surface area (Å²) in [6.07, 6.45) is 6.59. The highest BCUT2D eigenvalue weighted by Gasteiger charge is 2.56. The molecule has 1 aromatic heterocycles. The Balaban J connectivity index is 1.27. The number of benzene rings is 3. The van der Waals surface area contributed by atoms with Gasteiger partial charge in [0.2, 0.25) is 11.8 Å². The molecule has 43 heavy (non-hydrogen) atoms. The number of rotatable bonds is 9. The summed E-state index contributed by atoms with van der Waals surface area (Å²) in [5, 5.41) is 4.32. The molecule has 2 amide bonds. The number of nitrogens with zero attached hydrogens (tertiary/aromatic N) is 2. The number of fused-ring (bicyclic) bond motifs is 1. The molecule has 1 fully saturated rings. The van der Waals surface area contributed by atoms with Crippen molar-refractivity contribution in [3.05, 3.63) is 155 Å². The number of β-lactam (4-membered cyclic amide) rings is 1. The van der Waals surface area contributed by atoms with E-state index in [1.807, 2.05) is 121 Å². The van der Waals surface area contributed by atoms with E-state index >= 15 is 0 Å². The average molecular weight is 588 g/mol. The first-order valence-electron chi connectivity index (χ1n) is 14.0. The lowest BCUT2D eigenvalue weighted by atomic mass is 9.96. The summed E-state index contributed by atoms with van der Waals surface area (Å²) in [6, 6.07) is 30.5. The van der Waals surface area contributed by atoms with Crippen molar-refractivity contribution in [3.63, 3.8) is 0 Å². The molecular weight excluding hydrogens is 558 g/mol. The molecule has 3 atom stereocenters. The van der Waals surface area contributed by atoms with E-state index in [2.05, 4.69) is 10.3 Å². The minimum Gasteiger partial charge on any atom is -0.451 e. The minimum atomic E-state index is -0.983. The SMILES string of the molecule is O=C(Cc1ccccc1)NC1C(=O)N2C(C(=O)OC(c3ccccc3)c3ccccc3)C(C=Cc3cccnc3)=CS[C@H]12. The van der Waals surface area contributed by atoms with Crippen LogP contribution in [0.25, 0.3) is 6.08 Å². The lowest BCUT2D eigenvalue weighted by Gasteiger charge is -2.51. The number of aromatic nitrogens is 1. The molecule has 6 rings (SSSR count). The quantitative estimate of drug-likeness (QED) is 0.211. The summed E-state index contributed by atoms with van der Waals surface area (Å²) in [7, 11) is 0. The molecule has 7 nitrogen and oxygen atoms in total. The van der Waals surface area contributed by atoms with Gasteiger partial charge in [-0.2, -0.15) is 0 Å². The van der Waals surface area contributed by atoms with Crippen LogP contribution >= 0.6 is 11.8 Å². The number of pyridine rings is 1. The topological polar surface area (TPSA) is 88.6 Å². The van der Waals surface area contributed by atoms with Crippen LogP contribution in [-0.2, 0) is 25.5 Å². The van der Waals surface area contributed by atoms with Crippen LogP contribution in [0.4, 0.5) is 0 Å². The largest absolute Gasteiger partial charge is 0.451 e. The number of hydrogen-bond acceptors (Lipinski definition) is 6. The van der Waals surface area contributed by atoms with Gasteiger partial charge in [-0.3, -0.25) is 14.6 Å². The van der Waals surface area contributed by atoms with Gasteiger partial charge in [0.15, 0.2) is 12.1 Å². The number of ether oxygens (including phenoxy) is 1. The molecule has 1 saturated heterocycles. The summed E-state index contributed by atoms with van der Waals surface area (Å²) in [6.45, 7) is 0. The summed E-state index contributed by atoms with van der Waals surface area (Å²) >= 11 is 1.40. The predicted octanol–water partition coefficient (Wildman–Crippen LogP) is 5.32. The summed E-state index contributed by atoms with van der Waals surface area (Å²) in [4.78, 5) is 46.2. The van der Waals surface area contributed by atoms with Gasteiger partial charge in [0, 0.05) is 12.4 Å². The van der Waals surface area contributed by atoms with Crippen molar-refractivity contribution >= 4 is 35.6 Å². The maximum absolute atomic E-state index is 14.1.